The average Bonchev–Trinajstić information content (AvgIpc) is 3.13. The molecule has 12 nitrogen and oxygen atoms in total. The highest BCUT2D eigenvalue weighted by molar-refractivity contribution is 7.55. The van der Waals surface area contributed by atoms with Gasteiger partial charge in [0.05, 0.1) is 19.3 Å². The number of rotatable bonds is 12. The molecular weight excluding hydrogens is 411 g/mol. The monoisotopic (exact) mass is 439 g/mol. The minimum Gasteiger partial charge on any atom is -0.432 e. The number of imide groups is 1. The average molecular weight is 439 g/mol. The predicted octanol–water partition coefficient (Wildman–Crippen LogP) is 1.08. The van der Waals surface area contributed by atoms with Crippen LogP contribution in [0.4, 0.5) is 4.79 Å². The van der Waals surface area contributed by atoms with Crippen molar-refractivity contribution >= 4 is 26.6 Å². The van der Waals surface area contributed by atoms with E-state index in [2.05, 4.69) is 4.74 Å². The van der Waals surface area contributed by atoms with Crippen molar-refractivity contribution in [3.63, 3.8) is 0 Å². The van der Waals surface area contributed by atoms with E-state index < -0.39 is 27.0 Å². The lowest BCUT2D eigenvalue weighted by Gasteiger charge is -2.22. The molecule has 3 atom stereocenters. The normalized spacial score (nSPS) is 21.0. The number of carbonyl (C=O) groups is 3. The van der Waals surface area contributed by atoms with E-state index >= 15 is 0 Å². The van der Waals surface area contributed by atoms with Crippen LogP contribution in [0.1, 0.15) is 26.7 Å². The second-order valence-corrected chi connectivity index (χ2v) is 7.97. The molecule has 0 aromatic carbocycles. The summed E-state index contributed by atoms with van der Waals surface area (Å²) in [5, 5.41) is 1.99. The molecule has 1 aliphatic heterocycles. The van der Waals surface area contributed by atoms with Gasteiger partial charge >= 0.3 is 14.3 Å². The molecule has 13 heteroatoms. The van der Waals surface area contributed by atoms with E-state index in [0.717, 1.165) is 0 Å². The van der Waals surface area contributed by atoms with Crippen LogP contribution < -0.4 is 5.32 Å². The molecular formula is C16H28N2O10P+. The third-order valence-corrected chi connectivity index (χ3v) is 4.95. The van der Waals surface area contributed by atoms with Crippen molar-refractivity contribution in [2.24, 2.45) is 0 Å². The summed E-state index contributed by atoms with van der Waals surface area (Å²) in [5.41, 5.74) is 0. The van der Waals surface area contributed by atoms with Gasteiger partial charge in [-0.05, 0) is 26.7 Å². The molecule has 2 N–H and O–H groups in total. The first-order chi connectivity index (χ1) is 13.7. The zero-order chi connectivity index (χ0) is 21.9. The molecule has 0 saturated carbocycles. The molecule has 1 heterocycles. The van der Waals surface area contributed by atoms with Gasteiger partial charge in [-0.3, -0.25) is 14.9 Å². The highest BCUT2D eigenvalue weighted by Crippen LogP contribution is 2.57. The molecule has 0 aromatic rings. The molecule has 1 saturated heterocycles. The van der Waals surface area contributed by atoms with Gasteiger partial charge in [-0.15, -0.1) is 4.52 Å². The fourth-order valence-electron chi connectivity index (χ4n) is 2.18. The fraction of sp³-hybridized carbons (Fsp3) is 0.688. The SMILES string of the molecule is CO[P+](O)(OCOC(=O)OC(C)C)OCC1CCC(N(C)/C=C\C(=O)NC=O)O1. The highest BCUT2D eigenvalue weighted by atomic mass is 31.2. The van der Waals surface area contributed by atoms with Crippen molar-refractivity contribution in [1.29, 1.82) is 0 Å². The second kappa shape index (κ2) is 12.7. The summed E-state index contributed by atoms with van der Waals surface area (Å²) < 4.78 is 30.4. The third kappa shape index (κ3) is 9.97. The van der Waals surface area contributed by atoms with Gasteiger partial charge in [0.1, 0.15) is 12.8 Å². The van der Waals surface area contributed by atoms with E-state index in [0.29, 0.717) is 19.3 Å². The molecule has 0 bridgehead atoms. The van der Waals surface area contributed by atoms with Crippen molar-refractivity contribution in [1.82, 2.24) is 10.2 Å². The number of ether oxygens (including phenoxy) is 3. The number of nitrogens with zero attached hydrogens (tertiary/aromatic N) is 1. The number of nitrogens with one attached hydrogen (secondary N) is 1. The van der Waals surface area contributed by atoms with Gasteiger partial charge in [-0.2, -0.15) is 13.9 Å². The maximum atomic E-state index is 11.3. The van der Waals surface area contributed by atoms with Crippen molar-refractivity contribution < 1.29 is 47.1 Å². The molecule has 1 rings (SSSR count). The lowest BCUT2D eigenvalue weighted by Crippen LogP contribution is -2.29. The first-order valence-electron chi connectivity index (χ1n) is 8.79. The maximum Gasteiger partial charge on any atom is 0.575 e. The summed E-state index contributed by atoms with van der Waals surface area (Å²) in [6.45, 7) is 2.69. The van der Waals surface area contributed by atoms with Crippen LogP contribution >= 0.6 is 8.17 Å². The molecule has 0 spiro atoms. The van der Waals surface area contributed by atoms with E-state index in [-0.39, 0.29) is 25.0 Å². The van der Waals surface area contributed by atoms with Crippen LogP contribution in [0.3, 0.4) is 0 Å². The second-order valence-electron chi connectivity index (χ2n) is 6.15. The van der Waals surface area contributed by atoms with Crippen molar-refractivity contribution in [2.45, 2.75) is 45.1 Å². The Labute approximate surface area is 169 Å². The molecule has 166 valence electrons. The topological polar surface area (TPSA) is 142 Å². The molecule has 1 fully saturated rings. The molecule has 0 radical (unpaired) electrons. The molecule has 1 aliphatic rings. The van der Waals surface area contributed by atoms with E-state index in [9.17, 15) is 19.3 Å². The van der Waals surface area contributed by atoms with Gasteiger partial charge in [0, 0.05) is 19.3 Å². The summed E-state index contributed by atoms with van der Waals surface area (Å²) in [6, 6.07) is 0. The smallest absolute Gasteiger partial charge is 0.432 e. The minimum atomic E-state index is -3.70. The van der Waals surface area contributed by atoms with Crippen LogP contribution in [-0.4, -0.2) is 74.3 Å². The Kier molecular flexibility index (Phi) is 11.0. The summed E-state index contributed by atoms with van der Waals surface area (Å²) in [6.07, 6.45) is 2.31. The van der Waals surface area contributed by atoms with Gasteiger partial charge in [-0.1, -0.05) is 0 Å². The van der Waals surface area contributed by atoms with Gasteiger partial charge in [0.2, 0.25) is 13.2 Å². The van der Waals surface area contributed by atoms with Gasteiger partial charge in [-0.25, -0.2) is 4.79 Å². The van der Waals surface area contributed by atoms with Crippen molar-refractivity contribution in [3.05, 3.63) is 12.3 Å². The Hall–Kier alpha value is -1.82. The van der Waals surface area contributed by atoms with Crippen LogP contribution in [0.25, 0.3) is 0 Å². The van der Waals surface area contributed by atoms with E-state index in [1.54, 1.807) is 25.8 Å². The zero-order valence-electron chi connectivity index (χ0n) is 16.8. The number of hydrogen-bond acceptors (Lipinski definition) is 11. The first-order valence-corrected chi connectivity index (χ1v) is 10.3. The van der Waals surface area contributed by atoms with E-state index in [1.807, 2.05) is 5.32 Å². The quantitative estimate of drug-likeness (QED) is 0.148. The van der Waals surface area contributed by atoms with Crippen LogP contribution in [0.5, 0.6) is 0 Å². The zero-order valence-corrected chi connectivity index (χ0v) is 17.7. The van der Waals surface area contributed by atoms with Crippen molar-refractivity contribution in [3.8, 4) is 0 Å². The predicted molar refractivity (Wildman–Crippen MR) is 99.8 cm³/mol. The van der Waals surface area contributed by atoms with E-state index in [1.165, 1.54) is 19.4 Å². The van der Waals surface area contributed by atoms with Gasteiger partial charge < -0.3 is 19.1 Å². The van der Waals surface area contributed by atoms with E-state index in [4.69, 9.17) is 23.0 Å². The molecule has 3 unspecified atom stereocenters. The lowest BCUT2D eigenvalue weighted by molar-refractivity contribution is -0.121. The fourth-order valence-corrected chi connectivity index (χ4v) is 3.01. The minimum absolute atomic E-state index is 0.0196. The Morgan fingerprint density at radius 2 is 2.07 bits per heavy atom. The highest BCUT2D eigenvalue weighted by Gasteiger charge is 2.45. The third-order valence-electron chi connectivity index (χ3n) is 3.58. The first kappa shape index (κ1) is 25.2. The summed E-state index contributed by atoms with van der Waals surface area (Å²) in [7, 11) is -0.785. The van der Waals surface area contributed by atoms with Gasteiger partial charge in [0.25, 0.3) is 5.91 Å². The summed E-state index contributed by atoms with van der Waals surface area (Å²) >= 11 is 0. The van der Waals surface area contributed by atoms with Crippen LogP contribution in [0.2, 0.25) is 0 Å². The number of hydrogen-bond donors (Lipinski definition) is 2. The maximum absolute atomic E-state index is 11.3. The van der Waals surface area contributed by atoms with Crippen LogP contribution in [-0.2, 0) is 37.4 Å². The Morgan fingerprint density at radius 1 is 1.34 bits per heavy atom. The standard InChI is InChI=1S/C16H27N2O10P/c1-12(2)27-16(21)24-11-26-29(22,23-4)25-9-13-5-6-15(28-13)18(3)8-7-14(20)17-10-19/h7-8,10,12-13,15,22H,5-6,9,11H2,1-4H3/p+1/b8-7-. The van der Waals surface area contributed by atoms with Crippen LogP contribution in [0, 0.1) is 0 Å². The Balaban J connectivity index is 2.38. The summed E-state index contributed by atoms with van der Waals surface area (Å²) in [5.74, 6) is -0.545. The summed E-state index contributed by atoms with van der Waals surface area (Å²) in [4.78, 5) is 44.6. The molecule has 0 aromatic heterocycles. The Morgan fingerprint density at radius 3 is 2.69 bits per heavy atom. The van der Waals surface area contributed by atoms with Gasteiger partial charge in [0.15, 0.2) is 0 Å². The molecule has 29 heavy (non-hydrogen) atoms. The number of amides is 2. The largest absolute Gasteiger partial charge is 0.575 e. The Bertz CT molecular complexity index is 576. The van der Waals surface area contributed by atoms with Crippen LogP contribution in [0.15, 0.2) is 12.3 Å². The number of carbonyl (C=O) groups excluding carboxylic acids is 3. The lowest BCUT2D eigenvalue weighted by atomic mass is 10.2. The molecule has 0 aliphatic carbocycles. The van der Waals surface area contributed by atoms with Crippen molar-refractivity contribution in [2.75, 3.05) is 27.6 Å². The molecule has 2 amide bonds.